The average Bonchev–Trinajstić information content (AvgIpc) is 2.81. The molecule has 2 heterocycles. The number of rotatable bonds is 0. The fraction of sp³-hybridized carbons (Fsp3) is 0.167. The summed E-state index contributed by atoms with van der Waals surface area (Å²) in [6.45, 7) is 0. The molecule has 0 aromatic carbocycles. The van der Waals surface area contributed by atoms with Crippen LogP contribution in [0.25, 0.3) is 12.2 Å². The van der Waals surface area contributed by atoms with Gasteiger partial charge < -0.3 is 13.9 Å². The molecule has 0 saturated heterocycles. The molecule has 2 aromatic rings. The van der Waals surface area contributed by atoms with E-state index in [4.69, 9.17) is 8.83 Å². The summed E-state index contributed by atoms with van der Waals surface area (Å²) in [5.41, 5.74) is 3.79. The minimum atomic E-state index is -0.528. The summed E-state index contributed by atoms with van der Waals surface area (Å²) in [6, 6.07) is 0. The largest absolute Gasteiger partial charge is 0.472 e. The number of hydrogen-bond acceptors (Lipinski definition) is 3. The molecule has 0 spiro atoms. The highest BCUT2D eigenvalue weighted by atomic mass is 16.3. The van der Waals surface area contributed by atoms with Gasteiger partial charge in [0.25, 0.3) is 0 Å². The molecule has 0 bridgehead atoms. The smallest absolute Gasteiger partial charge is 0.0978 e. The molecule has 0 amide bonds. The Morgan fingerprint density at radius 2 is 1.73 bits per heavy atom. The standard InChI is InChI=1S/C12H10O3/c13-12-3-10-6-14-4-8(10)1-2-9-5-15-7-11(9)12/h1-2,4-7,12-13H,3H2/b2-1-. The van der Waals surface area contributed by atoms with Crippen LogP contribution in [0.5, 0.6) is 0 Å². The molecular formula is C12H10O3. The Balaban J connectivity index is 2.14. The highest BCUT2D eigenvalue weighted by molar-refractivity contribution is 5.72. The van der Waals surface area contributed by atoms with Crippen molar-refractivity contribution in [3.63, 3.8) is 0 Å². The van der Waals surface area contributed by atoms with Crippen molar-refractivity contribution in [3.05, 3.63) is 47.3 Å². The predicted molar refractivity (Wildman–Crippen MR) is 55.0 cm³/mol. The third-order valence-electron chi connectivity index (χ3n) is 2.71. The van der Waals surface area contributed by atoms with Crippen molar-refractivity contribution in [1.82, 2.24) is 0 Å². The predicted octanol–water partition coefficient (Wildman–Crippen LogP) is 2.63. The molecule has 2 aromatic heterocycles. The van der Waals surface area contributed by atoms with Crippen molar-refractivity contribution >= 4 is 12.2 Å². The van der Waals surface area contributed by atoms with Gasteiger partial charge in [-0.25, -0.2) is 0 Å². The van der Waals surface area contributed by atoms with E-state index in [-0.39, 0.29) is 0 Å². The zero-order valence-electron chi connectivity index (χ0n) is 8.01. The molecule has 3 nitrogen and oxygen atoms in total. The fourth-order valence-corrected chi connectivity index (χ4v) is 1.87. The first-order chi connectivity index (χ1) is 7.34. The monoisotopic (exact) mass is 202 g/mol. The molecule has 3 heteroatoms. The van der Waals surface area contributed by atoms with Gasteiger partial charge in [0.2, 0.25) is 0 Å². The number of hydrogen-bond donors (Lipinski definition) is 1. The van der Waals surface area contributed by atoms with Crippen LogP contribution < -0.4 is 0 Å². The minimum absolute atomic E-state index is 0.528. The Morgan fingerprint density at radius 1 is 1.00 bits per heavy atom. The van der Waals surface area contributed by atoms with Crippen LogP contribution in [0, 0.1) is 0 Å². The van der Waals surface area contributed by atoms with E-state index >= 15 is 0 Å². The van der Waals surface area contributed by atoms with Crippen LogP contribution >= 0.6 is 0 Å². The van der Waals surface area contributed by atoms with Gasteiger partial charge in [-0.15, -0.1) is 0 Å². The van der Waals surface area contributed by atoms with Crippen LogP contribution in [0.3, 0.4) is 0 Å². The summed E-state index contributed by atoms with van der Waals surface area (Å²) < 4.78 is 10.2. The quantitative estimate of drug-likeness (QED) is 0.714. The van der Waals surface area contributed by atoms with Crippen LogP contribution in [-0.2, 0) is 6.42 Å². The number of fused-ring (bicyclic) bond motifs is 2. The van der Waals surface area contributed by atoms with Gasteiger partial charge in [-0.2, -0.15) is 0 Å². The van der Waals surface area contributed by atoms with E-state index < -0.39 is 6.10 Å². The lowest BCUT2D eigenvalue weighted by molar-refractivity contribution is 0.177. The molecule has 1 atom stereocenters. The molecule has 0 fully saturated rings. The summed E-state index contributed by atoms with van der Waals surface area (Å²) >= 11 is 0. The number of furan rings is 2. The van der Waals surface area contributed by atoms with Crippen LogP contribution in [0.1, 0.15) is 28.4 Å². The highest BCUT2D eigenvalue weighted by Crippen LogP contribution is 2.29. The Bertz CT molecular complexity index is 504. The first-order valence-corrected chi connectivity index (χ1v) is 4.82. The topological polar surface area (TPSA) is 46.5 Å². The molecule has 1 aliphatic carbocycles. The van der Waals surface area contributed by atoms with Crippen LogP contribution in [0.4, 0.5) is 0 Å². The number of aliphatic hydroxyl groups excluding tert-OH is 1. The summed E-state index contributed by atoms with van der Waals surface area (Å²) in [5, 5.41) is 9.98. The zero-order valence-corrected chi connectivity index (χ0v) is 8.01. The summed E-state index contributed by atoms with van der Waals surface area (Å²) in [6.07, 6.45) is 10.5. The molecule has 3 rings (SSSR count). The van der Waals surface area contributed by atoms with Crippen molar-refractivity contribution in [2.45, 2.75) is 12.5 Å². The van der Waals surface area contributed by atoms with Gasteiger partial charge in [0.15, 0.2) is 0 Å². The van der Waals surface area contributed by atoms with Gasteiger partial charge in [0.1, 0.15) is 0 Å². The second kappa shape index (κ2) is 3.14. The van der Waals surface area contributed by atoms with Gasteiger partial charge >= 0.3 is 0 Å². The second-order valence-corrected chi connectivity index (χ2v) is 3.69. The first kappa shape index (κ1) is 8.56. The van der Waals surface area contributed by atoms with Crippen molar-refractivity contribution in [1.29, 1.82) is 0 Å². The maximum absolute atomic E-state index is 9.98. The lowest BCUT2D eigenvalue weighted by Crippen LogP contribution is -2.03. The molecule has 0 saturated carbocycles. The zero-order chi connectivity index (χ0) is 10.3. The maximum Gasteiger partial charge on any atom is 0.0978 e. The summed E-state index contributed by atoms with van der Waals surface area (Å²) in [7, 11) is 0. The van der Waals surface area contributed by atoms with Gasteiger partial charge in [0, 0.05) is 28.7 Å². The molecule has 1 aliphatic rings. The number of aliphatic hydroxyl groups is 1. The molecule has 1 N–H and O–H groups in total. The van der Waals surface area contributed by atoms with Crippen LogP contribution in [-0.4, -0.2) is 5.11 Å². The van der Waals surface area contributed by atoms with E-state index in [1.54, 1.807) is 25.1 Å². The average molecular weight is 202 g/mol. The lowest BCUT2D eigenvalue weighted by atomic mass is 9.96. The molecule has 0 radical (unpaired) electrons. The van der Waals surface area contributed by atoms with Gasteiger partial charge in [-0.1, -0.05) is 12.2 Å². The fourth-order valence-electron chi connectivity index (χ4n) is 1.87. The van der Waals surface area contributed by atoms with E-state index in [0.29, 0.717) is 6.42 Å². The molecule has 1 unspecified atom stereocenters. The SMILES string of the molecule is OC1Cc2cocc2/C=C\c2cocc21. The van der Waals surface area contributed by atoms with Gasteiger partial charge in [-0.05, 0) is 0 Å². The first-order valence-electron chi connectivity index (χ1n) is 4.82. The normalized spacial score (nSPS) is 21.3. The van der Waals surface area contributed by atoms with Crippen LogP contribution in [0.15, 0.2) is 33.9 Å². The van der Waals surface area contributed by atoms with Crippen molar-refractivity contribution in [2.24, 2.45) is 0 Å². The van der Waals surface area contributed by atoms with E-state index in [1.165, 1.54) is 0 Å². The lowest BCUT2D eigenvalue weighted by Gasteiger charge is -2.11. The van der Waals surface area contributed by atoms with E-state index in [9.17, 15) is 5.11 Å². The van der Waals surface area contributed by atoms with Crippen molar-refractivity contribution in [2.75, 3.05) is 0 Å². The third kappa shape index (κ3) is 1.32. The molecular weight excluding hydrogens is 192 g/mol. The Kier molecular flexibility index (Phi) is 1.79. The van der Waals surface area contributed by atoms with E-state index in [1.807, 2.05) is 12.2 Å². The van der Waals surface area contributed by atoms with E-state index in [0.717, 1.165) is 22.3 Å². The molecule has 15 heavy (non-hydrogen) atoms. The summed E-state index contributed by atoms with van der Waals surface area (Å²) in [4.78, 5) is 0. The van der Waals surface area contributed by atoms with Crippen LogP contribution in [0.2, 0.25) is 0 Å². The maximum atomic E-state index is 9.98. The third-order valence-corrected chi connectivity index (χ3v) is 2.71. The van der Waals surface area contributed by atoms with Gasteiger partial charge in [0.05, 0.1) is 31.2 Å². The Hall–Kier alpha value is -1.74. The van der Waals surface area contributed by atoms with E-state index in [2.05, 4.69) is 0 Å². The van der Waals surface area contributed by atoms with Crippen molar-refractivity contribution in [3.8, 4) is 0 Å². The Labute approximate surface area is 86.6 Å². The van der Waals surface area contributed by atoms with Crippen molar-refractivity contribution < 1.29 is 13.9 Å². The minimum Gasteiger partial charge on any atom is -0.472 e. The molecule has 76 valence electrons. The molecule has 0 aliphatic heterocycles. The highest BCUT2D eigenvalue weighted by Gasteiger charge is 2.18. The summed E-state index contributed by atoms with van der Waals surface area (Å²) in [5.74, 6) is 0. The second-order valence-electron chi connectivity index (χ2n) is 3.69. The van der Waals surface area contributed by atoms with Gasteiger partial charge in [-0.3, -0.25) is 0 Å². The Morgan fingerprint density at radius 3 is 2.67 bits per heavy atom.